The normalized spacial score (nSPS) is 15.4. The number of benzene rings is 2. The van der Waals surface area contributed by atoms with E-state index in [-0.39, 0.29) is 12.2 Å². The van der Waals surface area contributed by atoms with Crippen molar-refractivity contribution in [2.75, 3.05) is 13.2 Å². The van der Waals surface area contributed by atoms with E-state index in [1.165, 1.54) is 16.9 Å². The van der Waals surface area contributed by atoms with Gasteiger partial charge in [0.2, 0.25) is 0 Å². The van der Waals surface area contributed by atoms with Crippen LogP contribution in [-0.4, -0.2) is 23.8 Å². The lowest BCUT2D eigenvalue weighted by atomic mass is 9.93. The molecule has 2 aromatic carbocycles. The summed E-state index contributed by atoms with van der Waals surface area (Å²) in [5.74, 6) is 0.596. The van der Waals surface area contributed by atoms with Crippen molar-refractivity contribution in [2.24, 2.45) is 4.99 Å². The third-order valence-corrected chi connectivity index (χ3v) is 7.65. The molecule has 0 saturated carbocycles. The van der Waals surface area contributed by atoms with Gasteiger partial charge in [-0.3, -0.25) is 9.36 Å². The minimum Gasteiger partial charge on any atom is -0.488 e. The van der Waals surface area contributed by atoms with Gasteiger partial charge in [-0.05, 0) is 70.6 Å². The molecule has 1 aliphatic rings. The second-order valence-electron chi connectivity index (χ2n) is 8.91. The molecule has 192 valence electrons. The second-order valence-corrected chi connectivity index (χ2v) is 10.8. The zero-order valence-corrected chi connectivity index (χ0v) is 23.7. The number of carbonyl (C=O) groups is 1. The molecule has 6 nitrogen and oxygen atoms in total. The number of thiazole rings is 1. The van der Waals surface area contributed by atoms with Crippen molar-refractivity contribution in [3.05, 3.63) is 107 Å². The van der Waals surface area contributed by atoms with Gasteiger partial charge in [0.05, 0.1) is 32.9 Å². The van der Waals surface area contributed by atoms with Crippen LogP contribution in [0.25, 0.3) is 6.08 Å². The lowest BCUT2D eigenvalue weighted by Crippen LogP contribution is -2.39. The highest BCUT2D eigenvalue weighted by molar-refractivity contribution is 9.10. The van der Waals surface area contributed by atoms with Gasteiger partial charge in [0.25, 0.3) is 5.56 Å². The van der Waals surface area contributed by atoms with Gasteiger partial charge in [-0.2, -0.15) is 0 Å². The fraction of sp³-hybridized carbons (Fsp3) is 0.276. The number of ether oxygens (including phenoxy) is 2. The number of carbonyl (C=O) groups excluding carboxylic acids is 1. The summed E-state index contributed by atoms with van der Waals surface area (Å²) in [6, 6.07) is 13.1. The zero-order chi connectivity index (χ0) is 26.7. The Bertz CT molecular complexity index is 1550. The third-order valence-electron chi connectivity index (χ3n) is 6.05. The predicted molar refractivity (Wildman–Crippen MR) is 151 cm³/mol. The Labute approximate surface area is 228 Å². The summed E-state index contributed by atoms with van der Waals surface area (Å²) in [7, 11) is 0. The molecular formula is C29H29BrN2O4S. The van der Waals surface area contributed by atoms with E-state index >= 15 is 0 Å². The molecule has 0 radical (unpaired) electrons. The van der Waals surface area contributed by atoms with Crippen molar-refractivity contribution >= 4 is 39.3 Å². The van der Waals surface area contributed by atoms with Crippen molar-refractivity contribution in [3.8, 4) is 5.75 Å². The summed E-state index contributed by atoms with van der Waals surface area (Å²) in [6.45, 7) is 12.1. The topological polar surface area (TPSA) is 69.9 Å². The van der Waals surface area contributed by atoms with Gasteiger partial charge in [0.1, 0.15) is 12.4 Å². The van der Waals surface area contributed by atoms with E-state index in [1.807, 2.05) is 48.5 Å². The molecule has 2 heterocycles. The van der Waals surface area contributed by atoms with E-state index in [0.717, 1.165) is 15.6 Å². The van der Waals surface area contributed by atoms with Crippen LogP contribution in [-0.2, 0) is 9.53 Å². The lowest BCUT2D eigenvalue weighted by molar-refractivity contribution is -0.139. The SMILES string of the molecule is C=CCOc1ccc(/C=c2\sc3n(c2=O)[C@H](c2ccc(C(C)C)cc2)C(C(=O)OCC)=C(C)N=3)cc1Br. The van der Waals surface area contributed by atoms with Gasteiger partial charge in [0.15, 0.2) is 4.80 Å². The summed E-state index contributed by atoms with van der Waals surface area (Å²) in [4.78, 5) is 32.0. The molecule has 0 fully saturated rings. The fourth-order valence-corrected chi connectivity index (χ4v) is 5.75. The zero-order valence-electron chi connectivity index (χ0n) is 21.3. The van der Waals surface area contributed by atoms with E-state index in [1.54, 1.807) is 24.5 Å². The average Bonchev–Trinajstić information content (AvgIpc) is 3.17. The minimum atomic E-state index is -0.625. The van der Waals surface area contributed by atoms with E-state index in [0.29, 0.717) is 38.9 Å². The molecule has 0 aliphatic carbocycles. The largest absolute Gasteiger partial charge is 0.488 e. The monoisotopic (exact) mass is 580 g/mol. The average molecular weight is 582 g/mol. The number of hydrogen-bond donors (Lipinski definition) is 0. The summed E-state index contributed by atoms with van der Waals surface area (Å²) >= 11 is 4.83. The molecule has 0 N–H and O–H groups in total. The smallest absolute Gasteiger partial charge is 0.338 e. The highest BCUT2D eigenvalue weighted by Gasteiger charge is 2.33. The fourth-order valence-electron chi connectivity index (χ4n) is 4.19. The molecule has 1 aromatic heterocycles. The minimum absolute atomic E-state index is 0.209. The van der Waals surface area contributed by atoms with Crippen molar-refractivity contribution in [1.82, 2.24) is 4.57 Å². The molecule has 0 unspecified atom stereocenters. The highest BCUT2D eigenvalue weighted by atomic mass is 79.9. The van der Waals surface area contributed by atoms with Gasteiger partial charge in [-0.1, -0.05) is 68.2 Å². The van der Waals surface area contributed by atoms with Gasteiger partial charge in [-0.15, -0.1) is 0 Å². The molecule has 3 aromatic rings. The standard InChI is InChI=1S/C29H29BrN2O4S/c1-6-14-36-23-13-8-19(15-22(23)30)16-24-27(33)32-26(21-11-9-20(10-12-21)17(3)4)25(28(34)35-7-2)18(5)31-29(32)37-24/h6,8-13,15-17,26H,1,7,14H2,2-5H3/b24-16-/t26-/m1/s1. The number of nitrogens with zero attached hydrogens (tertiary/aromatic N) is 2. The summed E-state index contributed by atoms with van der Waals surface area (Å²) < 4.78 is 13.9. The Hall–Kier alpha value is -3.23. The van der Waals surface area contributed by atoms with Crippen LogP contribution < -0.4 is 19.6 Å². The van der Waals surface area contributed by atoms with Gasteiger partial charge >= 0.3 is 5.97 Å². The van der Waals surface area contributed by atoms with Crippen molar-refractivity contribution < 1.29 is 14.3 Å². The second kappa shape index (κ2) is 11.4. The molecular weight excluding hydrogens is 552 g/mol. The number of esters is 1. The Morgan fingerprint density at radius 3 is 2.59 bits per heavy atom. The lowest BCUT2D eigenvalue weighted by Gasteiger charge is -2.25. The first kappa shape index (κ1) is 26.8. The van der Waals surface area contributed by atoms with E-state index in [2.05, 4.69) is 41.3 Å². The van der Waals surface area contributed by atoms with Gasteiger partial charge in [0, 0.05) is 0 Å². The van der Waals surface area contributed by atoms with E-state index in [9.17, 15) is 9.59 Å². The Morgan fingerprint density at radius 2 is 1.97 bits per heavy atom. The number of rotatable bonds is 8. The number of halogens is 1. The maximum atomic E-state index is 13.8. The molecule has 0 amide bonds. The van der Waals surface area contributed by atoms with Gasteiger partial charge in [-0.25, -0.2) is 9.79 Å². The van der Waals surface area contributed by atoms with Crippen LogP contribution in [0.2, 0.25) is 0 Å². The number of fused-ring (bicyclic) bond motifs is 1. The van der Waals surface area contributed by atoms with Crippen LogP contribution in [0.15, 0.2) is 80.6 Å². The van der Waals surface area contributed by atoms with Crippen LogP contribution in [0.3, 0.4) is 0 Å². The van der Waals surface area contributed by atoms with E-state index < -0.39 is 12.0 Å². The number of hydrogen-bond acceptors (Lipinski definition) is 6. The first-order chi connectivity index (χ1) is 17.7. The molecule has 37 heavy (non-hydrogen) atoms. The maximum absolute atomic E-state index is 13.8. The van der Waals surface area contributed by atoms with Crippen LogP contribution in [0.5, 0.6) is 5.75 Å². The number of aromatic nitrogens is 1. The Kier molecular flexibility index (Phi) is 8.29. The summed E-state index contributed by atoms with van der Waals surface area (Å²) in [6.07, 6.45) is 3.51. The Morgan fingerprint density at radius 1 is 1.24 bits per heavy atom. The molecule has 1 aliphatic heterocycles. The third kappa shape index (κ3) is 5.55. The first-order valence-corrected chi connectivity index (χ1v) is 13.7. The molecule has 8 heteroatoms. The number of allylic oxidation sites excluding steroid dienone is 1. The van der Waals surface area contributed by atoms with Crippen molar-refractivity contribution in [3.63, 3.8) is 0 Å². The molecule has 4 rings (SSSR count). The highest BCUT2D eigenvalue weighted by Crippen LogP contribution is 2.31. The first-order valence-electron chi connectivity index (χ1n) is 12.1. The molecule has 0 spiro atoms. The van der Waals surface area contributed by atoms with Crippen LogP contribution in [0.4, 0.5) is 0 Å². The Balaban J connectivity index is 1.86. The van der Waals surface area contributed by atoms with Crippen LogP contribution in [0.1, 0.15) is 56.3 Å². The van der Waals surface area contributed by atoms with Crippen LogP contribution >= 0.6 is 27.3 Å². The van der Waals surface area contributed by atoms with E-state index in [4.69, 9.17) is 9.47 Å². The molecule has 0 saturated heterocycles. The van der Waals surface area contributed by atoms with Gasteiger partial charge < -0.3 is 9.47 Å². The summed E-state index contributed by atoms with van der Waals surface area (Å²) in [5, 5.41) is 0. The van der Waals surface area contributed by atoms with Crippen molar-refractivity contribution in [1.29, 1.82) is 0 Å². The molecule has 0 bridgehead atoms. The maximum Gasteiger partial charge on any atom is 0.338 e. The molecule has 1 atom stereocenters. The summed E-state index contributed by atoms with van der Waals surface area (Å²) in [5.41, 5.74) is 3.57. The van der Waals surface area contributed by atoms with Crippen molar-refractivity contribution in [2.45, 2.75) is 39.7 Å². The predicted octanol–water partition coefficient (Wildman–Crippen LogP) is 5.25. The van der Waals surface area contributed by atoms with Crippen LogP contribution in [0, 0.1) is 0 Å². The quantitative estimate of drug-likeness (QED) is 0.269.